The zero-order chi connectivity index (χ0) is 17.0. The van der Waals surface area contributed by atoms with Gasteiger partial charge in [-0.2, -0.15) is 0 Å². The van der Waals surface area contributed by atoms with Gasteiger partial charge in [-0.1, -0.05) is 6.07 Å². The number of carbonyl (C=O) groups is 2. The molecule has 0 aromatic heterocycles. The first-order chi connectivity index (χ1) is 10.9. The predicted molar refractivity (Wildman–Crippen MR) is 87.2 cm³/mol. The molecule has 1 unspecified atom stereocenters. The van der Waals surface area contributed by atoms with Crippen molar-refractivity contribution in [3.8, 4) is 0 Å². The molecule has 4 nitrogen and oxygen atoms in total. The maximum absolute atomic E-state index is 14.0. The number of nitrogens with zero attached hydrogens (tertiary/aromatic N) is 1. The summed E-state index contributed by atoms with van der Waals surface area (Å²) < 4.78 is 19.2. The highest BCUT2D eigenvalue weighted by Gasteiger charge is 2.26. The number of piperidine rings is 1. The third kappa shape index (κ3) is 4.53. The first-order valence-electron chi connectivity index (χ1n) is 8.12. The Morgan fingerprint density at radius 3 is 2.78 bits per heavy atom. The number of anilines is 1. The zero-order valence-corrected chi connectivity index (χ0v) is 14.0. The molecule has 1 heterocycles. The van der Waals surface area contributed by atoms with E-state index in [0.29, 0.717) is 18.7 Å². The number of benzene rings is 1. The minimum absolute atomic E-state index is 0.116. The lowest BCUT2D eigenvalue weighted by molar-refractivity contribution is -0.148. The number of halogens is 1. The molecule has 0 amide bonds. The number of rotatable bonds is 5. The molecule has 0 aliphatic carbocycles. The molecular weight excluding hydrogens is 297 g/mol. The lowest BCUT2D eigenvalue weighted by atomic mass is 9.93. The topological polar surface area (TPSA) is 46.6 Å². The van der Waals surface area contributed by atoms with Crippen molar-refractivity contribution < 1.29 is 18.7 Å². The van der Waals surface area contributed by atoms with Gasteiger partial charge >= 0.3 is 5.97 Å². The minimum atomic E-state index is -0.489. The van der Waals surface area contributed by atoms with E-state index in [0.717, 1.165) is 19.4 Å². The maximum Gasteiger partial charge on any atom is 0.306 e. The van der Waals surface area contributed by atoms with Crippen molar-refractivity contribution in [1.29, 1.82) is 0 Å². The van der Waals surface area contributed by atoms with Gasteiger partial charge in [0.15, 0.2) is 5.78 Å². The number of Topliss-reactive ketones (excluding diaryl/α,β-unsaturated/α-hetero) is 1. The van der Waals surface area contributed by atoms with Crippen molar-refractivity contribution in [2.45, 2.75) is 46.1 Å². The fraction of sp³-hybridized carbons (Fsp3) is 0.556. The van der Waals surface area contributed by atoms with E-state index in [9.17, 15) is 14.0 Å². The minimum Gasteiger partial charge on any atom is -0.463 e. The second-order valence-corrected chi connectivity index (χ2v) is 6.39. The average molecular weight is 321 g/mol. The Hall–Kier alpha value is -1.91. The fourth-order valence-electron chi connectivity index (χ4n) is 3.12. The van der Waals surface area contributed by atoms with Crippen LogP contribution in [0.25, 0.3) is 0 Å². The Kier molecular flexibility index (Phi) is 5.74. The molecule has 1 aromatic carbocycles. The van der Waals surface area contributed by atoms with Crippen molar-refractivity contribution in [2.75, 3.05) is 18.0 Å². The van der Waals surface area contributed by atoms with Crippen LogP contribution in [0.4, 0.5) is 10.1 Å². The molecule has 5 heteroatoms. The summed E-state index contributed by atoms with van der Waals surface area (Å²) in [6, 6.07) is 4.70. The van der Waals surface area contributed by atoms with Crippen LogP contribution in [0.15, 0.2) is 18.2 Å². The monoisotopic (exact) mass is 321 g/mol. The van der Waals surface area contributed by atoms with Crippen molar-refractivity contribution in [3.05, 3.63) is 29.6 Å². The molecule has 1 fully saturated rings. The molecule has 1 atom stereocenters. The number of ketones is 1. The van der Waals surface area contributed by atoms with Gasteiger partial charge in [-0.25, -0.2) is 4.39 Å². The molecule has 0 spiro atoms. The molecule has 0 bridgehead atoms. The number of ether oxygens (including phenoxy) is 1. The van der Waals surface area contributed by atoms with Crippen LogP contribution >= 0.6 is 0 Å². The van der Waals surface area contributed by atoms with Gasteiger partial charge in [0, 0.05) is 13.1 Å². The molecule has 126 valence electrons. The highest BCUT2D eigenvalue weighted by molar-refractivity contribution is 6.00. The normalized spacial score (nSPS) is 18.1. The summed E-state index contributed by atoms with van der Waals surface area (Å²) in [5.41, 5.74) is 0.761. The van der Waals surface area contributed by atoms with Crippen molar-refractivity contribution >= 4 is 17.4 Å². The van der Waals surface area contributed by atoms with Crippen LogP contribution < -0.4 is 4.90 Å². The fourth-order valence-corrected chi connectivity index (χ4v) is 3.12. The Bertz CT molecular complexity index is 586. The molecule has 1 aliphatic rings. The SMILES string of the molecule is CC(=O)c1c(F)cccc1N1CCCC(CC(=O)OC(C)C)C1. The Morgan fingerprint density at radius 1 is 1.39 bits per heavy atom. The van der Waals surface area contributed by atoms with Crippen LogP contribution in [-0.4, -0.2) is 30.9 Å². The van der Waals surface area contributed by atoms with E-state index < -0.39 is 5.82 Å². The highest BCUT2D eigenvalue weighted by atomic mass is 19.1. The van der Waals surface area contributed by atoms with Gasteiger partial charge in [0.1, 0.15) is 5.82 Å². The number of carbonyl (C=O) groups excluding carboxylic acids is 2. The molecule has 2 rings (SSSR count). The molecule has 0 N–H and O–H groups in total. The molecule has 23 heavy (non-hydrogen) atoms. The molecular formula is C18H24FNO3. The third-order valence-electron chi connectivity index (χ3n) is 4.03. The van der Waals surface area contributed by atoms with Gasteiger partial charge in [0.05, 0.1) is 23.8 Å². The summed E-state index contributed by atoms with van der Waals surface area (Å²) in [4.78, 5) is 25.6. The summed E-state index contributed by atoms with van der Waals surface area (Å²) >= 11 is 0. The molecule has 1 aliphatic heterocycles. The number of esters is 1. The summed E-state index contributed by atoms with van der Waals surface area (Å²) in [5, 5.41) is 0. The lowest BCUT2D eigenvalue weighted by Crippen LogP contribution is -2.37. The summed E-state index contributed by atoms with van der Waals surface area (Å²) in [6.45, 7) is 6.44. The maximum atomic E-state index is 14.0. The summed E-state index contributed by atoms with van der Waals surface area (Å²) in [6.07, 6.45) is 2.09. The second kappa shape index (κ2) is 7.57. The molecule has 0 saturated carbocycles. The third-order valence-corrected chi connectivity index (χ3v) is 4.03. The van der Waals surface area contributed by atoms with E-state index in [2.05, 4.69) is 0 Å². The van der Waals surface area contributed by atoms with E-state index in [4.69, 9.17) is 4.74 Å². The van der Waals surface area contributed by atoms with Gasteiger partial charge in [0.2, 0.25) is 0 Å². The second-order valence-electron chi connectivity index (χ2n) is 6.39. The molecule has 1 aromatic rings. The standard InChI is InChI=1S/C18H24FNO3/c1-12(2)23-17(22)10-14-6-5-9-20(11-14)16-8-4-7-15(19)18(16)13(3)21/h4,7-8,12,14H,5-6,9-11H2,1-3H3. The van der Waals surface area contributed by atoms with E-state index >= 15 is 0 Å². The van der Waals surface area contributed by atoms with E-state index in [1.807, 2.05) is 18.7 Å². The van der Waals surface area contributed by atoms with Crippen LogP contribution in [0.1, 0.15) is 50.4 Å². The smallest absolute Gasteiger partial charge is 0.306 e. The Labute approximate surface area is 136 Å². The van der Waals surface area contributed by atoms with Gasteiger partial charge in [-0.05, 0) is 51.7 Å². The van der Waals surface area contributed by atoms with Crippen molar-refractivity contribution in [3.63, 3.8) is 0 Å². The summed E-state index contributed by atoms with van der Waals surface area (Å²) in [5.74, 6) is -0.799. The predicted octanol–water partition coefficient (Wildman–Crippen LogP) is 3.59. The van der Waals surface area contributed by atoms with E-state index in [1.165, 1.54) is 13.0 Å². The molecule has 0 radical (unpaired) electrons. The van der Waals surface area contributed by atoms with Gasteiger partial charge in [-0.3, -0.25) is 9.59 Å². The van der Waals surface area contributed by atoms with E-state index in [1.54, 1.807) is 12.1 Å². The molecule has 1 saturated heterocycles. The van der Waals surface area contributed by atoms with Crippen molar-refractivity contribution in [1.82, 2.24) is 0 Å². The van der Waals surface area contributed by atoms with Crippen LogP contribution in [0.5, 0.6) is 0 Å². The van der Waals surface area contributed by atoms with Crippen LogP contribution in [0.3, 0.4) is 0 Å². The Balaban J connectivity index is 2.11. The average Bonchev–Trinajstić information content (AvgIpc) is 2.45. The zero-order valence-electron chi connectivity index (χ0n) is 14.0. The highest BCUT2D eigenvalue weighted by Crippen LogP contribution is 2.29. The van der Waals surface area contributed by atoms with Gasteiger partial charge < -0.3 is 9.64 Å². The Morgan fingerprint density at radius 2 is 2.13 bits per heavy atom. The first kappa shape index (κ1) is 17.4. The largest absolute Gasteiger partial charge is 0.463 e. The van der Waals surface area contributed by atoms with Crippen LogP contribution in [0.2, 0.25) is 0 Å². The number of hydrogen-bond donors (Lipinski definition) is 0. The van der Waals surface area contributed by atoms with Crippen molar-refractivity contribution in [2.24, 2.45) is 5.92 Å². The number of hydrogen-bond acceptors (Lipinski definition) is 4. The first-order valence-corrected chi connectivity index (χ1v) is 8.12. The van der Waals surface area contributed by atoms with Crippen LogP contribution in [-0.2, 0) is 9.53 Å². The van der Waals surface area contributed by atoms with Crippen LogP contribution in [0, 0.1) is 11.7 Å². The van der Waals surface area contributed by atoms with Gasteiger partial charge in [-0.15, -0.1) is 0 Å². The summed E-state index contributed by atoms with van der Waals surface area (Å²) in [7, 11) is 0. The van der Waals surface area contributed by atoms with E-state index in [-0.39, 0.29) is 29.3 Å². The van der Waals surface area contributed by atoms with Gasteiger partial charge in [0.25, 0.3) is 0 Å². The quantitative estimate of drug-likeness (QED) is 0.614. The lowest BCUT2D eigenvalue weighted by Gasteiger charge is -2.35.